The number of nitrogens with zero attached hydrogens (tertiary/aromatic N) is 5. The van der Waals surface area contributed by atoms with Gasteiger partial charge in [-0.2, -0.15) is 5.10 Å². The van der Waals surface area contributed by atoms with Gasteiger partial charge in [0.25, 0.3) is 5.91 Å². The molecule has 0 radical (unpaired) electrons. The fraction of sp³-hybridized carbons (Fsp3) is 0.273. The molecule has 1 aliphatic heterocycles. The molecule has 1 saturated heterocycles. The largest absolute Gasteiger partial charge is 0.444 e. The maximum atomic E-state index is 13.0. The molecule has 0 bridgehead atoms. The summed E-state index contributed by atoms with van der Waals surface area (Å²) in [5.41, 5.74) is 8.87. The first-order chi connectivity index (χ1) is 16.5. The van der Waals surface area contributed by atoms with E-state index in [-0.39, 0.29) is 23.6 Å². The zero-order chi connectivity index (χ0) is 24.2. The number of nitrogens with one attached hydrogen (secondary N) is 1. The fourth-order valence-electron chi connectivity index (χ4n) is 3.93. The number of nitrogen functional groups attached to an aromatic ring is 1. The van der Waals surface area contributed by atoms with Crippen LogP contribution in [0, 0.1) is 0 Å². The smallest absolute Gasteiger partial charge is 0.277 e. The Morgan fingerprint density at radius 2 is 2.03 bits per heavy atom. The number of rotatable bonds is 4. The van der Waals surface area contributed by atoms with E-state index in [9.17, 15) is 9.90 Å². The highest BCUT2D eigenvalue weighted by Crippen LogP contribution is 2.33. The third-order valence-electron chi connectivity index (χ3n) is 5.55. The first kappa shape index (κ1) is 23.5. The number of hydrogen-bond donors (Lipinski definition) is 4. The van der Waals surface area contributed by atoms with Crippen LogP contribution in [0.25, 0.3) is 22.4 Å². The summed E-state index contributed by atoms with van der Waals surface area (Å²) in [7, 11) is 1.86. The lowest BCUT2D eigenvalue weighted by Crippen LogP contribution is -2.36. The van der Waals surface area contributed by atoms with Crippen LogP contribution in [0.5, 0.6) is 0 Å². The van der Waals surface area contributed by atoms with Gasteiger partial charge in [0.05, 0.1) is 34.9 Å². The van der Waals surface area contributed by atoms with E-state index in [2.05, 4.69) is 37.1 Å². The van der Waals surface area contributed by atoms with E-state index in [1.165, 1.54) is 6.26 Å². The number of oxazole rings is 1. The van der Waals surface area contributed by atoms with Gasteiger partial charge in [-0.1, -0.05) is 0 Å². The number of aromatic nitrogens is 4. The van der Waals surface area contributed by atoms with Crippen LogP contribution in [0.3, 0.4) is 0 Å². The zero-order valence-corrected chi connectivity index (χ0v) is 19.1. The topological polar surface area (TPSA) is 156 Å². The molecule has 178 valence electrons. The van der Waals surface area contributed by atoms with E-state index in [4.69, 9.17) is 14.8 Å². The van der Waals surface area contributed by atoms with Crippen molar-refractivity contribution >= 4 is 45.9 Å². The standard InChI is InChI=1S/C22H23N7O3.ClHO/c1-28-11-14-8-17(19(10-16(14)27-28)29-6-3-15(30)4-7-29)25-21(31)18-12-32-22(26-18)13-2-5-24-20(23)9-13;1-2/h2,5,8-12,15,30H,3-4,6-7H2,1H3,(H2,23,24)(H,25,31);2H. The van der Waals surface area contributed by atoms with Crippen LogP contribution in [-0.4, -0.2) is 54.6 Å². The predicted octanol–water partition coefficient (Wildman–Crippen LogP) is 2.55. The van der Waals surface area contributed by atoms with Crippen molar-refractivity contribution in [1.82, 2.24) is 19.7 Å². The lowest BCUT2D eigenvalue weighted by molar-refractivity contribution is 0.102. The second-order valence-corrected chi connectivity index (χ2v) is 7.91. The molecule has 1 aromatic carbocycles. The summed E-state index contributed by atoms with van der Waals surface area (Å²) >= 11 is 3.64. The van der Waals surface area contributed by atoms with Crippen LogP contribution in [0.4, 0.5) is 17.2 Å². The average molecular weight is 486 g/mol. The van der Waals surface area contributed by atoms with Crippen molar-refractivity contribution in [1.29, 1.82) is 0 Å². The molecule has 12 heteroatoms. The molecule has 3 aromatic heterocycles. The summed E-state index contributed by atoms with van der Waals surface area (Å²) < 4.78 is 13.7. The molecule has 0 aliphatic carbocycles. The number of aliphatic hydroxyl groups excluding tert-OH is 1. The molecule has 4 heterocycles. The van der Waals surface area contributed by atoms with Gasteiger partial charge in [0.1, 0.15) is 12.1 Å². The fourth-order valence-corrected chi connectivity index (χ4v) is 3.93. The van der Waals surface area contributed by atoms with Crippen LogP contribution < -0.4 is 16.0 Å². The number of aryl methyl sites for hydroxylation is 1. The lowest BCUT2D eigenvalue weighted by Gasteiger charge is -2.32. The average Bonchev–Trinajstić information content (AvgIpc) is 3.47. The van der Waals surface area contributed by atoms with E-state index in [1.807, 2.05) is 25.4 Å². The number of halogens is 1. The van der Waals surface area contributed by atoms with Crippen molar-refractivity contribution in [3.8, 4) is 11.5 Å². The number of amides is 1. The summed E-state index contributed by atoms with van der Waals surface area (Å²) in [6.07, 6.45) is 5.83. The minimum atomic E-state index is -0.386. The number of hydrogen-bond acceptors (Lipinski definition) is 9. The van der Waals surface area contributed by atoms with Crippen LogP contribution in [0.15, 0.2) is 47.3 Å². The van der Waals surface area contributed by atoms with Crippen LogP contribution in [-0.2, 0) is 7.05 Å². The Labute approximate surface area is 199 Å². The molecular weight excluding hydrogens is 462 g/mol. The third kappa shape index (κ3) is 4.96. The normalized spacial score (nSPS) is 14.1. The minimum Gasteiger partial charge on any atom is -0.444 e. The van der Waals surface area contributed by atoms with Gasteiger partial charge in [0, 0.05) is 43.5 Å². The number of carbonyl (C=O) groups is 1. The van der Waals surface area contributed by atoms with Crippen molar-refractivity contribution in [3.63, 3.8) is 0 Å². The van der Waals surface area contributed by atoms with Crippen molar-refractivity contribution in [2.45, 2.75) is 18.9 Å². The maximum Gasteiger partial charge on any atom is 0.277 e. The van der Waals surface area contributed by atoms with Crippen molar-refractivity contribution in [3.05, 3.63) is 48.6 Å². The highest BCUT2D eigenvalue weighted by molar-refractivity contribution is 6.06. The summed E-state index contributed by atoms with van der Waals surface area (Å²) in [6, 6.07) is 7.22. The van der Waals surface area contributed by atoms with E-state index in [1.54, 1.807) is 23.0 Å². The highest BCUT2D eigenvalue weighted by Gasteiger charge is 2.22. The molecule has 1 aliphatic rings. The third-order valence-corrected chi connectivity index (χ3v) is 5.55. The van der Waals surface area contributed by atoms with Gasteiger partial charge >= 0.3 is 0 Å². The Kier molecular flexibility index (Phi) is 6.96. The van der Waals surface area contributed by atoms with Gasteiger partial charge in [-0.05, 0) is 37.1 Å². The molecule has 0 atom stereocenters. The first-order valence-corrected chi connectivity index (χ1v) is 10.9. The summed E-state index contributed by atoms with van der Waals surface area (Å²) in [6.45, 7) is 1.39. The molecular formula is C22H24ClN7O4. The molecule has 1 amide bonds. The summed E-state index contributed by atoms with van der Waals surface area (Å²) in [5, 5.41) is 18.3. The first-order valence-electron chi connectivity index (χ1n) is 10.5. The number of carbonyl (C=O) groups excluding carboxylic acids is 1. The van der Waals surface area contributed by atoms with E-state index in [0.717, 1.165) is 16.6 Å². The Bertz CT molecular complexity index is 1300. The van der Waals surface area contributed by atoms with Crippen LogP contribution in [0.2, 0.25) is 0 Å². The van der Waals surface area contributed by atoms with Gasteiger partial charge in [-0.15, -0.1) is 0 Å². The van der Waals surface area contributed by atoms with Gasteiger partial charge in [-0.3, -0.25) is 14.1 Å². The zero-order valence-electron chi connectivity index (χ0n) is 18.3. The molecule has 0 unspecified atom stereocenters. The monoisotopic (exact) mass is 485 g/mol. The van der Waals surface area contributed by atoms with Crippen LogP contribution >= 0.6 is 11.9 Å². The lowest BCUT2D eigenvalue weighted by atomic mass is 10.1. The van der Waals surface area contributed by atoms with Gasteiger partial charge in [0.15, 0.2) is 5.69 Å². The maximum absolute atomic E-state index is 13.0. The molecule has 0 saturated carbocycles. The number of anilines is 3. The number of fused-ring (bicyclic) bond motifs is 1. The molecule has 5 N–H and O–H groups in total. The molecule has 4 aromatic rings. The number of piperidine rings is 1. The summed E-state index contributed by atoms with van der Waals surface area (Å²) in [5.74, 6) is 0.244. The Balaban J connectivity index is 0.00000133. The number of aliphatic hydroxyl groups is 1. The van der Waals surface area contributed by atoms with Crippen molar-refractivity contribution in [2.75, 3.05) is 29.0 Å². The molecule has 11 nitrogen and oxygen atoms in total. The summed E-state index contributed by atoms with van der Waals surface area (Å²) in [4.78, 5) is 23.4. The van der Waals surface area contributed by atoms with Crippen molar-refractivity contribution in [2.24, 2.45) is 7.05 Å². The van der Waals surface area contributed by atoms with E-state index < -0.39 is 0 Å². The Hall–Kier alpha value is -3.67. The minimum absolute atomic E-state index is 0.154. The second kappa shape index (κ2) is 10.1. The number of nitrogens with two attached hydrogens (primary N) is 1. The molecule has 34 heavy (non-hydrogen) atoms. The number of pyridine rings is 1. The van der Waals surface area contributed by atoms with Gasteiger partial charge in [0.2, 0.25) is 5.89 Å². The van der Waals surface area contributed by atoms with Gasteiger partial charge in [-0.25, -0.2) is 9.97 Å². The Morgan fingerprint density at radius 1 is 1.26 bits per heavy atom. The molecule has 0 spiro atoms. The van der Waals surface area contributed by atoms with Gasteiger partial charge < -0.3 is 25.5 Å². The van der Waals surface area contributed by atoms with Crippen molar-refractivity contribution < 1.29 is 19.0 Å². The van der Waals surface area contributed by atoms with E-state index >= 15 is 0 Å². The van der Waals surface area contributed by atoms with Crippen LogP contribution in [0.1, 0.15) is 23.3 Å². The SMILES string of the molecule is Cn1cc2cc(NC(=O)c3coc(-c4ccnc(N)c4)n3)c(N3CCC(O)CC3)cc2n1.OCl. The predicted molar refractivity (Wildman–Crippen MR) is 128 cm³/mol. The highest BCUT2D eigenvalue weighted by atomic mass is 35.5. The Morgan fingerprint density at radius 3 is 2.76 bits per heavy atom. The number of benzene rings is 1. The molecule has 1 fully saturated rings. The van der Waals surface area contributed by atoms with E-state index in [0.29, 0.717) is 43.0 Å². The quantitative estimate of drug-likeness (QED) is 0.341. The molecule has 5 rings (SSSR count). The second-order valence-electron chi connectivity index (χ2n) is 7.91.